The summed E-state index contributed by atoms with van der Waals surface area (Å²) in [4.78, 5) is 49.8. The number of thioether (sulfide) groups is 1. The van der Waals surface area contributed by atoms with Crippen molar-refractivity contribution in [1.82, 2.24) is 9.80 Å². The molecule has 2 amide bonds. The first-order valence-corrected chi connectivity index (χ1v) is 9.55. The zero-order valence-electron chi connectivity index (χ0n) is 15.1. The standard InChI is InChI=1S/C17H21N3O6S/c1-18(10-15(21)19-7-3-4-12(9-19)17(23)24)16(22)11-5-6-14(27-2)13(8-11)20(25)26/h5-6,8,12H,3-4,7,9-10H2,1-2H3,(H,23,24). The topological polar surface area (TPSA) is 121 Å². The second-order valence-corrected chi connectivity index (χ2v) is 7.17. The van der Waals surface area contributed by atoms with Gasteiger partial charge >= 0.3 is 5.97 Å². The zero-order valence-corrected chi connectivity index (χ0v) is 15.9. The molecule has 1 N–H and O–H groups in total. The number of rotatable bonds is 6. The van der Waals surface area contributed by atoms with Crippen LogP contribution in [0.25, 0.3) is 0 Å². The summed E-state index contributed by atoms with van der Waals surface area (Å²) in [5.41, 5.74) is -0.0368. The van der Waals surface area contributed by atoms with Crippen LogP contribution >= 0.6 is 11.8 Å². The van der Waals surface area contributed by atoms with E-state index >= 15 is 0 Å². The molecular formula is C17H21N3O6S. The Morgan fingerprint density at radius 2 is 2.11 bits per heavy atom. The van der Waals surface area contributed by atoms with Crippen LogP contribution in [0.5, 0.6) is 0 Å². The SMILES string of the molecule is CSc1ccc(C(=O)N(C)CC(=O)N2CCCC(C(=O)O)C2)cc1[N+](=O)[O-]. The highest BCUT2D eigenvalue weighted by Crippen LogP contribution is 2.28. The molecule has 0 saturated carbocycles. The molecule has 1 aliphatic heterocycles. The number of nitrogens with zero attached hydrogens (tertiary/aromatic N) is 3. The number of piperidine rings is 1. The molecule has 146 valence electrons. The maximum atomic E-state index is 12.5. The van der Waals surface area contributed by atoms with E-state index in [1.165, 1.54) is 46.8 Å². The predicted molar refractivity (Wildman–Crippen MR) is 98.8 cm³/mol. The molecule has 10 heteroatoms. The summed E-state index contributed by atoms with van der Waals surface area (Å²) in [5, 5.41) is 20.3. The van der Waals surface area contributed by atoms with E-state index in [4.69, 9.17) is 5.11 Å². The minimum absolute atomic E-state index is 0.122. The fraction of sp³-hybridized carbons (Fsp3) is 0.471. The second-order valence-electron chi connectivity index (χ2n) is 6.32. The maximum absolute atomic E-state index is 12.5. The molecule has 1 fully saturated rings. The van der Waals surface area contributed by atoms with Gasteiger partial charge in [-0.15, -0.1) is 11.8 Å². The molecule has 1 unspecified atom stereocenters. The first-order chi connectivity index (χ1) is 12.7. The molecule has 9 nitrogen and oxygen atoms in total. The molecule has 27 heavy (non-hydrogen) atoms. The third-order valence-electron chi connectivity index (χ3n) is 4.46. The predicted octanol–water partition coefficient (Wildman–Crippen LogP) is 1.71. The lowest BCUT2D eigenvalue weighted by atomic mass is 9.98. The zero-order chi connectivity index (χ0) is 20.1. The minimum Gasteiger partial charge on any atom is -0.481 e. The van der Waals surface area contributed by atoms with Crippen molar-refractivity contribution in [2.24, 2.45) is 5.92 Å². The van der Waals surface area contributed by atoms with Crippen molar-refractivity contribution in [2.45, 2.75) is 17.7 Å². The van der Waals surface area contributed by atoms with Gasteiger partial charge in [0.05, 0.1) is 22.3 Å². The highest BCUT2D eigenvalue weighted by atomic mass is 32.2. The second kappa shape index (κ2) is 8.85. The number of hydrogen-bond acceptors (Lipinski definition) is 6. The van der Waals surface area contributed by atoms with E-state index in [0.29, 0.717) is 24.3 Å². The quantitative estimate of drug-likeness (QED) is 0.442. The molecular weight excluding hydrogens is 374 g/mol. The highest BCUT2D eigenvalue weighted by molar-refractivity contribution is 7.98. The van der Waals surface area contributed by atoms with Crippen LogP contribution in [0.3, 0.4) is 0 Å². The van der Waals surface area contributed by atoms with Gasteiger partial charge in [-0.25, -0.2) is 0 Å². The van der Waals surface area contributed by atoms with Gasteiger partial charge in [0, 0.05) is 31.8 Å². The van der Waals surface area contributed by atoms with Crippen molar-refractivity contribution in [3.05, 3.63) is 33.9 Å². The van der Waals surface area contributed by atoms with Crippen molar-refractivity contribution in [3.63, 3.8) is 0 Å². The van der Waals surface area contributed by atoms with E-state index in [2.05, 4.69) is 0 Å². The van der Waals surface area contributed by atoms with Crippen LogP contribution in [0.2, 0.25) is 0 Å². The van der Waals surface area contributed by atoms with Crippen molar-refractivity contribution in [1.29, 1.82) is 0 Å². The van der Waals surface area contributed by atoms with Crippen molar-refractivity contribution in [2.75, 3.05) is 32.9 Å². The van der Waals surface area contributed by atoms with E-state index < -0.39 is 22.7 Å². The van der Waals surface area contributed by atoms with Crippen LogP contribution in [0.15, 0.2) is 23.1 Å². The third-order valence-corrected chi connectivity index (χ3v) is 5.25. The lowest BCUT2D eigenvalue weighted by Crippen LogP contribution is -2.46. The molecule has 0 spiro atoms. The Balaban J connectivity index is 2.07. The molecule has 0 radical (unpaired) electrons. The minimum atomic E-state index is -0.932. The lowest BCUT2D eigenvalue weighted by molar-refractivity contribution is -0.387. The van der Waals surface area contributed by atoms with Gasteiger partial charge in [-0.3, -0.25) is 24.5 Å². The Labute approximate surface area is 160 Å². The van der Waals surface area contributed by atoms with Crippen LogP contribution in [-0.2, 0) is 9.59 Å². The summed E-state index contributed by atoms with van der Waals surface area (Å²) >= 11 is 1.21. The number of nitro groups is 1. The summed E-state index contributed by atoms with van der Waals surface area (Å²) in [5.74, 6) is -2.37. The first kappa shape index (κ1) is 20.7. The van der Waals surface area contributed by atoms with Gasteiger partial charge in [-0.05, 0) is 31.2 Å². The van der Waals surface area contributed by atoms with Gasteiger partial charge < -0.3 is 14.9 Å². The monoisotopic (exact) mass is 395 g/mol. The van der Waals surface area contributed by atoms with Gasteiger partial charge in [0.1, 0.15) is 0 Å². The number of carboxylic acids is 1. The summed E-state index contributed by atoms with van der Waals surface area (Å²) in [7, 11) is 1.44. The molecule has 2 rings (SSSR count). The van der Waals surface area contributed by atoms with Crippen LogP contribution in [0.4, 0.5) is 5.69 Å². The van der Waals surface area contributed by atoms with Gasteiger partial charge in [0.15, 0.2) is 0 Å². The van der Waals surface area contributed by atoms with Crippen molar-refractivity contribution in [3.8, 4) is 0 Å². The molecule has 0 bridgehead atoms. The van der Waals surface area contributed by atoms with Crippen LogP contribution < -0.4 is 0 Å². The largest absolute Gasteiger partial charge is 0.481 e. The number of carbonyl (C=O) groups is 3. The number of hydrogen-bond donors (Lipinski definition) is 1. The molecule has 1 aromatic rings. The fourth-order valence-electron chi connectivity index (χ4n) is 2.97. The highest BCUT2D eigenvalue weighted by Gasteiger charge is 2.29. The maximum Gasteiger partial charge on any atom is 0.308 e. The summed E-state index contributed by atoms with van der Waals surface area (Å²) in [6, 6.07) is 4.20. The lowest BCUT2D eigenvalue weighted by Gasteiger charge is -2.32. The number of likely N-dealkylation sites (tertiary alicyclic amines) is 1. The van der Waals surface area contributed by atoms with Gasteiger partial charge in [0.2, 0.25) is 5.91 Å². The van der Waals surface area contributed by atoms with Crippen LogP contribution in [-0.4, -0.2) is 70.6 Å². The molecule has 1 aromatic carbocycles. The molecule has 1 aliphatic rings. The Kier molecular flexibility index (Phi) is 6.78. The van der Waals surface area contributed by atoms with E-state index in [9.17, 15) is 24.5 Å². The summed E-state index contributed by atoms with van der Waals surface area (Å²) < 4.78 is 0. The van der Waals surface area contributed by atoms with Gasteiger partial charge in [-0.2, -0.15) is 0 Å². The number of carbonyl (C=O) groups excluding carboxylic acids is 2. The fourth-order valence-corrected chi connectivity index (χ4v) is 3.51. The van der Waals surface area contributed by atoms with E-state index in [-0.39, 0.29) is 30.2 Å². The third kappa shape index (κ3) is 4.97. The Hall–Kier alpha value is -2.62. The van der Waals surface area contributed by atoms with Crippen molar-refractivity contribution >= 4 is 35.2 Å². The van der Waals surface area contributed by atoms with Gasteiger partial charge in [0.25, 0.3) is 11.6 Å². The van der Waals surface area contributed by atoms with Crippen LogP contribution in [0.1, 0.15) is 23.2 Å². The first-order valence-electron chi connectivity index (χ1n) is 8.33. The smallest absolute Gasteiger partial charge is 0.308 e. The number of aliphatic carboxylic acids is 1. The Bertz CT molecular complexity index is 769. The average Bonchev–Trinajstić information content (AvgIpc) is 2.66. The molecule has 1 atom stereocenters. The van der Waals surface area contributed by atoms with Crippen LogP contribution in [0, 0.1) is 16.0 Å². The number of nitro benzene ring substituents is 1. The van der Waals surface area contributed by atoms with E-state index in [1.807, 2.05) is 0 Å². The number of benzene rings is 1. The molecule has 0 aliphatic carbocycles. The number of likely N-dealkylation sites (N-methyl/N-ethyl adjacent to an activating group) is 1. The van der Waals surface area contributed by atoms with E-state index in [0.717, 1.165) is 0 Å². The average molecular weight is 395 g/mol. The Morgan fingerprint density at radius 3 is 2.70 bits per heavy atom. The Morgan fingerprint density at radius 1 is 1.41 bits per heavy atom. The normalized spacial score (nSPS) is 16.7. The van der Waals surface area contributed by atoms with Crippen molar-refractivity contribution < 1.29 is 24.4 Å². The van der Waals surface area contributed by atoms with E-state index in [1.54, 1.807) is 6.26 Å². The molecule has 1 saturated heterocycles. The molecule has 0 aromatic heterocycles. The number of carboxylic acid groups (broad SMARTS) is 1. The summed E-state index contributed by atoms with van der Waals surface area (Å²) in [6.45, 7) is 0.367. The summed E-state index contributed by atoms with van der Waals surface area (Å²) in [6.07, 6.45) is 2.83. The number of amides is 2. The van der Waals surface area contributed by atoms with Gasteiger partial charge in [-0.1, -0.05) is 0 Å². The molecule has 1 heterocycles.